The number of piperidine rings is 2. The molecule has 2 aliphatic heterocycles. The monoisotopic (exact) mass is 701 g/mol. The third kappa shape index (κ3) is 8.42. The summed E-state index contributed by atoms with van der Waals surface area (Å²) in [6.45, 7) is 3.70. The predicted octanol–water partition coefficient (Wildman–Crippen LogP) is 10.3. The molecule has 260 valence electrons. The Balaban J connectivity index is -0.00000118. The highest BCUT2D eigenvalue weighted by atomic mass is 35.5. The van der Waals surface area contributed by atoms with E-state index >= 15 is 0 Å². The molecular weight excluding hydrogens is 649 g/mol. The zero-order valence-electron chi connectivity index (χ0n) is 26.0. The lowest BCUT2D eigenvalue weighted by molar-refractivity contribution is 0.102. The Hall–Kier alpha value is -3.55. The number of rotatable bonds is 6. The van der Waals surface area contributed by atoms with E-state index in [1.165, 1.54) is 12.8 Å². The van der Waals surface area contributed by atoms with Gasteiger partial charge in [-0.1, -0.05) is 53.5 Å². The van der Waals surface area contributed by atoms with Crippen molar-refractivity contribution in [3.63, 3.8) is 0 Å². The van der Waals surface area contributed by atoms with Gasteiger partial charge in [-0.2, -0.15) is 0 Å². The van der Waals surface area contributed by atoms with Gasteiger partial charge in [0.25, 0.3) is 5.91 Å². The second-order valence-electron chi connectivity index (χ2n) is 10.7. The van der Waals surface area contributed by atoms with Crippen LogP contribution in [0.5, 0.6) is 5.75 Å². The number of aromatic nitrogens is 1. The van der Waals surface area contributed by atoms with E-state index in [9.17, 15) is 9.90 Å². The molecule has 11 nitrogen and oxygen atoms in total. The highest BCUT2D eigenvalue weighted by Crippen LogP contribution is 2.44. The fourth-order valence-electron chi connectivity index (χ4n) is 5.68. The van der Waals surface area contributed by atoms with E-state index < -0.39 is 0 Å². The molecule has 2 saturated heterocycles. The number of hydrogen-bond donors (Lipinski definition) is 7. The zero-order valence-corrected chi connectivity index (χ0v) is 28.4. The zero-order chi connectivity index (χ0) is 28.3. The Kier molecular flexibility index (Phi) is 15.8. The number of nitrogens with one attached hydrogen (secondary N) is 2. The number of pyridine rings is 1. The maximum Gasteiger partial charge on any atom is 0.259 e. The van der Waals surface area contributed by atoms with E-state index in [4.69, 9.17) is 28.2 Å². The summed E-state index contributed by atoms with van der Waals surface area (Å²) in [5, 5.41) is 19.5. The molecule has 1 aromatic heterocycles. The summed E-state index contributed by atoms with van der Waals surface area (Å²) < 4.78 is 0. The van der Waals surface area contributed by atoms with Crippen LogP contribution in [0.25, 0.3) is 10.8 Å². The van der Waals surface area contributed by atoms with Crippen molar-refractivity contribution >= 4 is 81.0 Å². The largest absolute Gasteiger partial charge is 0.506 e. The molecule has 2 aliphatic rings. The molecule has 0 bridgehead atoms. The van der Waals surface area contributed by atoms with Crippen LogP contribution in [0.4, 0.5) is 28.7 Å². The van der Waals surface area contributed by atoms with Gasteiger partial charge in [0.2, 0.25) is 0 Å². The number of aromatic hydroxyl groups is 1. The second kappa shape index (κ2) is 18.0. The summed E-state index contributed by atoms with van der Waals surface area (Å²) in [4.78, 5) is 22.5. The van der Waals surface area contributed by atoms with E-state index in [0.717, 1.165) is 74.6 Å². The number of halogens is 3. The van der Waals surface area contributed by atoms with Gasteiger partial charge < -0.3 is 50.1 Å². The minimum atomic E-state index is -0.383. The standard InChI is InChI=1S/C32H33Cl2N5O2.ClH.4H3N.4H2/c33-26-28(27(34)31(39-19-7-2-8-20-39)37-30(26)38-17-5-1-6-18-38)35-22-12-14-23(15-13-22)36-32(41)25-16-11-21-9-3-4-10-24(21)29(25)40;;;;;;;;;/h3-4,9-16,40H,1-2,5-8,17-20H2,(H,35,37)(H,36,41);1H;4*1H3;4*1H. The first-order chi connectivity index (χ1) is 20.0. The van der Waals surface area contributed by atoms with E-state index in [-0.39, 0.29) is 59.9 Å². The molecule has 0 atom stereocenters. The van der Waals surface area contributed by atoms with Crippen LogP contribution in [0.2, 0.25) is 10.0 Å². The number of hydrogen-bond acceptors (Lipinski definition) is 10. The van der Waals surface area contributed by atoms with Crippen molar-refractivity contribution in [2.45, 2.75) is 38.5 Å². The number of fused-ring (bicyclic) bond motifs is 1. The van der Waals surface area contributed by atoms with Crippen LogP contribution < -0.4 is 45.0 Å². The number of nitrogens with zero attached hydrogens (tertiary/aromatic N) is 3. The van der Waals surface area contributed by atoms with Crippen molar-refractivity contribution in [1.29, 1.82) is 0 Å². The fraction of sp³-hybridized carbons (Fsp3) is 0.312. The molecular formula is C32H54Cl3N9O2. The number of carbonyl (C=O) groups excluding carboxylic acids is 1. The second-order valence-corrected chi connectivity index (χ2v) is 11.5. The molecule has 1 amide bonds. The summed E-state index contributed by atoms with van der Waals surface area (Å²) in [7, 11) is 0. The van der Waals surface area contributed by atoms with Crippen LogP contribution in [0.3, 0.4) is 0 Å². The van der Waals surface area contributed by atoms with E-state index in [0.29, 0.717) is 26.8 Å². The molecule has 0 spiro atoms. The Bertz CT molecular complexity index is 1560. The van der Waals surface area contributed by atoms with Crippen molar-refractivity contribution in [3.05, 3.63) is 76.3 Å². The van der Waals surface area contributed by atoms with Crippen molar-refractivity contribution in [3.8, 4) is 5.75 Å². The molecule has 46 heavy (non-hydrogen) atoms. The molecule has 2 fully saturated rings. The Morgan fingerprint density at radius 1 is 0.717 bits per heavy atom. The third-order valence-corrected chi connectivity index (χ3v) is 8.63. The molecule has 3 aromatic carbocycles. The number of benzene rings is 3. The first-order valence-electron chi connectivity index (χ1n) is 14.3. The molecule has 15 N–H and O–H groups in total. The lowest BCUT2D eigenvalue weighted by Crippen LogP contribution is -2.33. The first-order valence-corrected chi connectivity index (χ1v) is 15.0. The van der Waals surface area contributed by atoms with Gasteiger partial charge in [0.15, 0.2) is 11.6 Å². The summed E-state index contributed by atoms with van der Waals surface area (Å²) in [6.07, 6.45) is 6.91. The van der Waals surface area contributed by atoms with Crippen LogP contribution in [0, 0.1) is 0 Å². The third-order valence-electron chi connectivity index (χ3n) is 7.91. The Morgan fingerprint density at radius 2 is 1.22 bits per heavy atom. The molecule has 0 radical (unpaired) electrons. The van der Waals surface area contributed by atoms with Crippen LogP contribution in [-0.4, -0.2) is 42.2 Å². The predicted molar refractivity (Wildman–Crippen MR) is 205 cm³/mol. The van der Waals surface area contributed by atoms with Crippen LogP contribution in [0.1, 0.15) is 54.6 Å². The summed E-state index contributed by atoms with van der Waals surface area (Å²) in [6, 6.07) is 18.2. The SMILES string of the molecule is Cl.N.N.N.N.O=C(Nc1ccc(Nc2c(Cl)c(N3CCCCC3)nc(N3CCCCC3)c2Cl)cc1)c1ccc2ccccc2c1O.[HH].[HH].[HH].[HH]. The van der Waals surface area contributed by atoms with Gasteiger partial charge in [-0.3, -0.25) is 4.79 Å². The van der Waals surface area contributed by atoms with Crippen LogP contribution >= 0.6 is 35.6 Å². The topological polar surface area (TPSA) is 221 Å². The van der Waals surface area contributed by atoms with Gasteiger partial charge in [-0.15, -0.1) is 12.4 Å². The maximum atomic E-state index is 13.0. The molecule has 0 unspecified atom stereocenters. The van der Waals surface area contributed by atoms with E-state index in [1.54, 1.807) is 24.3 Å². The number of phenols is 1. The molecule has 14 heteroatoms. The van der Waals surface area contributed by atoms with Crippen molar-refractivity contribution in [2.24, 2.45) is 0 Å². The lowest BCUT2D eigenvalue weighted by atomic mass is 10.0. The van der Waals surface area contributed by atoms with Crippen LogP contribution in [0.15, 0.2) is 60.7 Å². The van der Waals surface area contributed by atoms with E-state index in [2.05, 4.69) is 20.4 Å². The maximum absolute atomic E-state index is 13.0. The molecule has 3 heterocycles. The lowest BCUT2D eigenvalue weighted by Gasteiger charge is -2.33. The minimum Gasteiger partial charge on any atom is -0.506 e. The number of anilines is 5. The van der Waals surface area contributed by atoms with Crippen LogP contribution in [-0.2, 0) is 0 Å². The van der Waals surface area contributed by atoms with Gasteiger partial charge in [0.05, 0.1) is 11.3 Å². The smallest absolute Gasteiger partial charge is 0.259 e. The molecule has 4 aromatic rings. The quantitative estimate of drug-likeness (QED) is 0.101. The average Bonchev–Trinajstić information content (AvgIpc) is 3.01. The molecule has 6 rings (SSSR count). The van der Waals surface area contributed by atoms with Gasteiger partial charge in [0.1, 0.15) is 15.8 Å². The van der Waals surface area contributed by atoms with Gasteiger partial charge >= 0.3 is 0 Å². The first kappa shape index (κ1) is 40.5. The number of phenolic OH excluding ortho intramolecular Hbond substituents is 1. The van der Waals surface area contributed by atoms with Gasteiger partial charge in [0, 0.05) is 48.6 Å². The number of carbonyl (C=O) groups is 1. The van der Waals surface area contributed by atoms with Gasteiger partial charge in [-0.05, 0) is 74.2 Å². The summed E-state index contributed by atoms with van der Waals surface area (Å²) >= 11 is 14.0. The highest BCUT2D eigenvalue weighted by Gasteiger charge is 2.26. The van der Waals surface area contributed by atoms with E-state index in [1.807, 2.05) is 36.4 Å². The molecule has 0 aliphatic carbocycles. The average molecular weight is 703 g/mol. The molecule has 0 saturated carbocycles. The van der Waals surface area contributed by atoms with Crippen molar-refractivity contribution < 1.29 is 15.6 Å². The van der Waals surface area contributed by atoms with Crippen molar-refractivity contribution in [2.75, 3.05) is 46.6 Å². The Labute approximate surface area is 292 Å². The van der Waals surface area contributed by atoms with Crippen molar-refractivity contribution in [1.82, 2.24) is 29.6 Å². The highest BCUT2D eigenvalue weighted by molar-refractivity contribution is 6.42. The summed E-state index contributed by atoms with van der Waals surface area (Å²) in [5.74, 6) is 1.14. The minimum absolute atomic E-state index is 0. The Morgan fingerprint density at radius 3 is 1.76 bits per heavy atom. The fourth-order valence-corrected chi connectivity index (χ4v) is 6.33. The van der Waals surface area contributed by atoms with Gasteiger partial charge in [-0.25, -0.2) is 4.98 Å². The summed E-state index contributed by atoms with van der Waals surface area (Å²) in [5.41, 5.74) is 2.24. The normalized spacial score (nSPS) is 14.0. The number of amides is 1.